The summed E-state index contributed by atoms with van der Waals surface area (Å²) in [4.78, 5) is 4.72. The van der Waals surface area contributed by atoms with Gasteiger partial charge in [0.05, 0.1) is 12.2 Å². The molecule has 2 rings (SSSR count). The van der Waals surface area contributed by atoms with Crippen molar-refractivity contribution < 1.29 is 0 Å². The molecule has 0 aliphatic carbocycles. The van der Waals surface area contributed by atoms with Crippen LogP contribution in [-0.2, 0) is 18.4 Å². The molecule has 2 heterocycles. The summed E-state index contributed by atoms with van der Waals surface area (Å²) in [7, 11) is 0. The second-order valence-corrected chi connectivity index (χ2v) is 6.49. The molecule has 0 saturated carbocycles. The van der Waals surface area contributed by atoms with Gasteiger partial charge >= 0.3 is 0 Å². The van der Waals surface area contributed by atoms with E-state index in [2.05, 4.69) is 49.0 Å². The predicted molar refractivity (Wildman–Crippen MR) is 77.1 cm³/mol. The molecule has 0 saturated heterocycles. The number of hydrogen-bond acceptors (Lipinski definition) is 3. The lowest BCUT2D eigenvalue weighted by atomic mass is 9.93. The van der Waals surface area contributed by atoms with E-state index >= 15 is 0 Å². The van der Waals surface area contributed by atoms with E-state index in [0.29, 0.717) is 6.54 Å². The van der Waals surface area contributed by atoms with Gasteiger partial charge < -0.3 is 10.3 Å². The molecule has 2 aromatic rings. The van der Waals surface area contributed by atoms with Crippen LogP contribution in [0.4, 0.5) is 0 Å². The van der Waals surface area contributed by atoms with Crippen molar-refractivity contribution in [2.24, 2.45) is 5.73 Å². The van der Waals surface area contributed by atoms with Crippen LogP contribution in [0.25, 0.3) is 0 Å². The van der Waals surface area contributed by atoms with Gasteiger partial charge in [0, 0.05) is 22.7 Å². The molecular weight excluding hydrogens is 242 g/mol. The Balaban J connectivity index is 2.14. The smallest absolute Gasteiger partial charge is 0.113 e. The van der Waals surface area contributed by atoms with Gasteiger partial charge in [-0.05, 0) is 25.1 Å². The molecule has 0 amide bonds. The van der Waals surface area contributed by atoms with Gasteiger partial charge in [-0.15, -0.1) is 11.3 Å². The zero-order valence-electron chi connectivity index (χ0n) is 11.3. The third-order valence-electron chi connectivity index (χ3n) is 2.95. The summed E-state index contributed by atoms with van der Waals surface area (Å²) in [5.74, 6) is 0. The standard InChI is InChI=1S/C14H21N3S/c1-14(2,3)12-10-18-13(16-12)9-17-8-4-5-11(17)6-7-15/h4-5,8,10H,6-7,9,15H2,1-3H3. The minimum atomic E-state index is 0.130. The van der Waals surface area contributed by atoms with Crippen LogP contribution in [0.3, 0.4) is 0 Å². The fourth-order valence-electron chi connectivity index (χ4n) is 1.85. The Morgan fingerprint density at radius 3 is 2.78 bits per heavy atom. The molecule has 0 aliphatic rings. The highest BCUT2D eigenvalue weighted by Gasteiger charge is 2.17. The Labute approximate surface area is 113 Å². The quantitative estimate of drug-likeness (QED) is 0.922. The molecule has 98 valence electrons. The third-order valence-corrected chi connectivity index (χ3v) is 3.78. The van der Waals surface area contributed by atoms with Crippen molar-refractivity contribution in [1.29, 1.82) is 0 Å². The lowest BCUT2D eigenvalue weighted by Crippen LogP contribution is -2.12. The molecule has 0 bridgehead atoms. The average Bonchev–Trinajstić information content (AvgIpc) is 2.89. The first kappa shape index (κ1) is 13.3. The molecule has 0 aromatic carbocycles. The topological polar surface area (TPSA) is 43.8 Å². The van der Waals surface area contributed by atoms with Crippen LogP contribution in [0.2, 0.25) is 0 Å². The lowest BCUT2D eigenvalue weighted by molar-refractivity contribution is 0.569. The van der Waals surface area contributed by atoms with Crippen molar-refractivity contribution in [3.63, 3.8) is 0 Å². The first-order valence-electron chi connectivity index (χ1n) is 6.29. The largest absolute Gasteiger partial charge is 0.345 e. The van der Waals surface area contributed by atoms with Crippen LogP contribution in [0, 0.1) is 0 Å². The van der Waals surface area contributed by atoms with Crippen LogP contribution in [0.1, 0.15) is 37.2 Å². The molecule has 2 aromatic heterocycles. The molecule has 3 nitrogen and oxygen atoms in total. The molecular formula is C14H21N3S. The second kappa shape index (κ2) is 5.24. The van der Waals surface area contributed by atoms with Gasteiger partial charge in [-0.25, -0.2) is 4.98 Å². The summed E-state index contributed by atoms with van der Waals surface area (Å²) in [6, 6.07) is 4.20. The van der Waals surface area contributed by atoms with Crippen molar-refractivity contribution >= 4 is 11.3 Å². The fourth-order valence-corrected chi connectivity index (χ4v) is 2.87. The van der Waals surface area contributed by atoms with E-state index < -0.39 is 0 Å². The molecule has 0 radical (unpaired) electrons. The fraction of sp³-hybridized carbons (Fsp3) is 0.500. The molecule has 4 heteroatoms. The summed E-state index contributed by atoms with van der Waals surface area (Å²) >= 11 is 1.74. The molecule has 0 spiro atoms. The Morgan fingerprint density at radius 2 is 2.17 bits per heavy atom. The minimum Gasteiger partial charge on any atom is -0.345 e. The number of aromatic nitrogens is 2. The minimum absolute atomic E-state index is 0.130. The normalized spacial score (nSPS) is 12.0. The Bertz CT molecular complexity index is 505. The van der Waals surface area contributed by atoms with Crippen LogP contribution in [0.5, 0.6) is 0 Å². The molecule has 18 heavy (non-hydrogen) atoms. The van der Waals surface area contributed by atoms with Gasteiger partial charge in [-0.1, -0.05) is 20.8 Å². The van der Waals surface area contributed by atoms with E-state index in [0.717, 1.165) is 18.0 Å². The van der Waals surface area contributed by atoms with Crippen molar-refractivity contribution in [3.8, 4) is 0 Å². The number of nitrogens with two attached hydrogens (primary N) is 1. The Hall–Kier alpha value is -1.13. The maximum atomic E-state index is 5.62. The van der Waals surface area contributed by atoms with Gasteiger partial charge in [-0.2, -0.15) is 0 Å². The van der Waals surface area contributed by atoms with Gasteiger partial charge in [-0.3, -0.25) is 0 Å². The molecule has 0 unspecified atom stereocenters. The van der Waals surface area contributed by atoms with Gasteiger partial charge in [0.2, 0.25) is 0 Å². The summed E-state index contributed by atoms with van der Waals surface area (Å²) in [5, 5.41) is 3.33. The monoisotopic (exact) mass is 263 g/mol. The van der Waals surface area contributed by atoms with E-state index in [1.807, 2.05) is 0 Å². The highest BCUT2D eigenvalue weighted by molar-refractivity contribution is 7.09. The summed E-state index contributed by atoms with van der Waals surface area (Å²) in [6.07, 6.45) is 3.02. The molecule has 0 fully saturated rings. The lowest BCUT2D eigenvalue weighted by Gasteiger charge is -2.14. The Kier molecular flexibility index (Phi) is 3.88. The SMILES string of the molecule is CC(C)(C)c1csc(Cn2cccc2CCN)n1. The third kappa shape index (κ3) is 3.00. The predicted octanol–water partition coefficient (Wildman–Crippen LogP) is 2.79. The number of hydrogen-bond donors (Lipinski definition) is 1. The molecule has 2 N–H and O–H groups in total. The van der Waals surface area contributed by atoms with E-state index in [4.69, 9.17) is 10.7 Å². The second-order valence-electron chi connectivity index (χ2n) is 5.54. The highest BCUT2D eigenvalue weighted by Crippen LogP contribution is 2.24. The van der Waals surface area contributed by atoms with E-state index in [9.17, 15) is 0 Å². The zero-order valence-corrected chi connectivity index (χ0v) is 12.1. The van der Waals surface area contributed by atoms with Gasteiger partial charge in [0.1, 0.15) is 5.01 Å². The highest BCUT2D eigenvalue weighted by atomic mass is 32.1. The van der Waals surface area contributed by atoms with Crippen molar-refractivity contribution in [2.45, 2.75) is 39.2 Å². The van der Waals surface area contributed by atoms with Gasteiger partial charge in [0.15, 0.2) is 0 Å². The van der Waals surface area contributed by atoms with Crippen molar-refractivity contribution in [3.05, 3.63) is 40.1 Å². The molecule has 0 aliphatic heterocycles. The van der Waals surface area contributed by atoms with E-state index in [1.54, 1.807) is 11.3 Å². The van der Waals surface area contributed by atoms with Crippen LogP contribution in [0.15, 0.2) is 23.7 Å². The van der Waals surface area contributed by atoms with Crippen molar-refractivity contribution in [1.82, 2.24) is 9.55 Å². The zero-order chi connectivity index (χ0) is 13.2. The van der Waals surface area contributed by atoms with Crippen LogP contribution in [-0.4, -0.2) is 16.1 Å². The average molecular weight is 263 g/mol. The number of thiazole rings is 1. The number of rotatable bonds is 4. The van der Waals surface area contributed by atoms with Crippen LogP contribution < -0.4 is 5.73 Å². The van der Waals surface area contributed by atoms with E-state index in [-0.39, 0.29) is 5.41 Å². The Morgan fingerprint density at radius 1 is 1.39 bits per heavy atom. The first-order valence-corrected chi connectivity index (χ1v) is 7.17. The van der Waals surface area contributed by atoms with Gasteiger partial charge in [0.25, 0.3) is 0 Å². The maximum Gasteiger partial charge on any atom is 0.113 e. The number of nitrogens with zero attached hydrogens (tertiary/aromatic N) is 2. The maximum absolute atomic E-state index is 5.62. The summed E-state index contributed by atoms with van der Waals surface area (Å²) in [5.41, 5.74) is 8.21. The molecule has 0 atom stereocenters. The van der Waals surface area contributed by atoms with Crippen LogP contribution >= 0.6 is 11.3 Å². The van der Waals surface area contributed by atoms with E-state index in [1.165, 1.54) is 11.4 Å². The first-order chi connectivity index (χ1) is 8.50. The summed E-state index contributed by atoms with van der Waals surface area (Å²) in [6.45, 7) is 8.13. The summed E-state index contributed by atoms with van der Waals surface area (Å²) < 4.78 is 2.23. The van der Waals surface area contributed by atoms with Crippen molar-refractivity contribution in [2.75, 3.05) is 6.54 Å².